The Morgan fingerprint density at radius 2 is 1.58 bits per heavy atom. The van der Waals surface area contributed by atoms with Crippen LogP contribution in [0.15, 0.2) is 42.5 Å². The molecule has 0 spiro atoms. The number of hydrogen-bond donors (Lipinski definition) is 1. The van der Waals surface area contributed by atoms with Crippen LogP contribution in [0, 0.1) is 5.92 Å². The van der Waals surface area contributed by atoms with Gasteiger partial charge in [-0.15, -0.1) is 0 Å². The van der Waals surface area contributed by atoms with Crippen LogP contribution in [0.2, 0.25) is 0 Å². The highest BCUT2D eigenvalue weighted by Crippen LogP contribution is 2.24. The lowest BCUT2D eigenvalue weighted by atomic mass is 10.1. The van der Waals surface area contributed by atoms with Crippen LogP contribution >= 0.6 is 12.2 Å². The maximum atomic E-state index is 12.1. The van der Waals surface area contributed by atoms with Crippen LogP contribution in [-0.2, 0) is 19.1 Å². The molecule has 0 aliphatic carbocycles. The summed E-state index contributed by atoms with van der Waals surface area (Å²) in [6, 6.07) is 13.4. The van der Waals surface area contributed by atoms with E-state index in [0.29, 0.717) is 0 Å². The molecule has 6 heteroatoms. The van der Waals surface area contributed by atoms with Crippen LogP contribution in [0.4, 0.5) is 5.69 Å². The minimum Gasteiger partial charge on any atom is -0.465 e. The quantitative estimate of drug-likeness (QED) is 0.492. The lowest BCUT2D eigenvalue weighted by Gasteiger charge is -2.17. The Labute approximate surface area is 145 Å². The molecule has 2 rings (SSSR count). The van der Waals surface area contributed by atoms with Gasteiger partial charge in [-0.3, -0.25) is 9.59 Å². The van der Waals surface area contributed by atoms with Gasteiger partial charge in [0, 0.05) is 11.1 Å². The van der Waals surface area contributed by atoms with Crippen LogP contribution in [0.5, 0.6) is 0 Å². The van der Waals surface area contributed by atoms with Gasteiger partial charge in [0.25, 0.3) is 0 Å². The first-order valence-electron chi connectivity index (χ1n) is 7.70. The van der Waals surface area contributed by atoms with Gasteiger partial charge in [0.05, 0.1) is 13.2 Å². The van der Waals surface area contributed by atoms with E-state index in [2.05, 4.69) is 5.32 Å². The summed E-state index contributed by atoms with van der Waals surface area (Å²) in [6.07, 6.45) is 0. The fraction of sp³-hybridized carbons (Fsp3) is 0.278. The minimum absolute atomic E-state index is 0.0586. The molecule has 0 aliphatic heterocycles. The zero-order valence-electron chi connectivity index (χ0n) is 13.6. The van der Waals surface area contributed by atoms with Crippen LogP contribution in [-0.4, -0.2) is 30.1 Å². The van der Waals surface area contributed by atoms with Crippen LogP contribution in [0.3, 0.4) is 0 Å². The number of hydrogen-bond acceptors (Lipinski definition) is 5. The molecule has 5 nitrogen and oxygen atoms in total. The van der Waals surface area contributed by atoms with Crippen molar-refractivity contribution in [2.75, 3.05) is 18.5 Å². The molecule has 0 saturated carbocycles. The first kappa shape index (κ1) is 17.9. The number of nitrogens with one attached hydrogen (secondary N) is 1. The number of rotatable bonds is 6. The van der Waals surface area contributed by atoms with Gasteiger partial charge >= 0.3 is 11.9 Å². The number of fused-ring (bicyclic) bond motifs is 1. The zero-order valence-corrected chi connectivity index (χ0v) is 14.4. The minimum atomic E-state index is -1.28. The summed E-state index contributed by atoms with van der Waals surface area (Å²) < 4.78 is 9.90. The maximum absolute atomic E-state index is 12.1. The number of ether oxygens (including phenoxy) is 2. The second-order valence-corrected chi connectivity index (χ2v) is 5.39. The van der Waals surface area contributed by atoms with Gasteiger partial charge in [-0.25, -0.2) is 0 Å². The predicted octanol–water partition coefficient (Wildman–Crippen LogP) is 3.32. The number of thiocarbonyl (C=S) groups is 1. The van der Waals surface area contributed by atoms with E-state index in [0.717, 1.165) is 16.5 Å². The molecule has 24 heavy (non-hydrogen) atoms. The second kappa shape index (κ2) is 8.40. The Balaban J connectivity index is 2.29. The van der Waals surface area contributed by atoms with Crippen molar-refractivity contribution in [3.8, 4) is 0 Å². The van der Waals surface area contributed by atoms with Crippen molar-refractivity contribution in [2.24, 2.45) is 5.92 Å². The van der Waals surface area contributed by atoms with Crippen molar-refractivity contribution in [1.29, 1.82) is 0 Å². The van der Waals surface area contributed by atoms with E-state index in [9.17, 15) is 9.59 Å². The first-order chi connectivity index (χ1) is 11.6. The maximum Gasteiger partial charge on any atom is 0.327 e. The molecular formula is C18H19NO4S. The molecule has 0 aliphatic rings. The third-order valence-electron chi connectivity index (χ3n) is 3.35. The Kier molecular flexibility index (Phi) is 6.26. The summed E-state index contributed by atoms with van der Waals surface area (Å²) in [6.45, 7) is 3.65. The molecule has 0 amide bonds. The van der Waals surface area contributed by atoms with Crippen molar-refractivity contribution in [3.05, 3.63) is 42.5 Å². The molecule has 2 aromatic rings. The Bertz CT molecular complexity index is 736. The summed E-state index contributed by atoms with van der Waals surface area (Å²) >= 11 is 5.29. The molecule has 1 N–H and O–H groups in total. The number of carbonyl (C=O) groups excluding carboxylic acids is 2. The standard InChI is InChI=1S/C18H19NO4S/c1-3-22-17(20)15(18(21)23-4-2)16(24)19-14-11-7-9-12-8-5-6-10-13(12)14/h5-11,15H,3-4H2,1-2H3,(H,19,24). The van der Waals surface area contributed by atoms with Gasteiger partial charge in [0.15, 0.2) is 0 Å². The van der Waals surface area contributed by atoms with Gasteiger partial charge in [-0.2, -0.15) is 0 Å². The van der Waals surface area contributed by atoms with E-state index in [-0.39, 0.29) is 18.2 Å². The van der Waals surface area contributed by atoms with Crippen molar-refractivity contribution >= 4 is 45.6 Å². The normalized spacial score (nSPS) is 10.5. The van der Waals surface area contributed by atoms with E-state index in [4.69, 9.17) is 21.7 Å². The highest BCUT2D eigenvalue weighted by atomic mass is 32.1. The van der Waals surface area contributed by atoms with Crippen LogP contribution < -0.4 is 5.32 Å². The fourth-order valence-corrected chi connectivity index (χ4v) is 2.60. The smallest absolute Gasteiger partial charge is 0.327 e. The molecule has 0 saturated heterocycles. The van der Waals surface area contributed by atoms with Gasteiger partial charge in [0.1, 0.15) is 4.99 Å². The largest absolute Gasteiger partial charge is 0.465 e. The van der Waals surface area contributed by atoms with Crippen molar-refractivity contribution in [2.45, 2.75) is 13.8 Å². The Morgan fingerprint density at radius 3 is 2.21 bits per heavy atom. The van der Waals surface area contributed by atoms with Crippen molar-refractivity contribution < 1.29 is 19.1 Å². The lowest BCUT2D eigenvalue weighted by Crippen LogP contribution is -2.37. The number of esters is 2. The van der Waals surface area contributed by atoms with E-state index in [1.165, 1.54) is 0 Å². The van der Waals surface area contributed by atoms with Crippen molar-refractivity contribution in [1.82, 2.24) is 0 Å². The van der Waals surface area contributed by atoms with E-state index in [1.807, 2.05) is 42.5 Å². The molecule has 0 unspecified atom stereocenters. The van der Waals surface area contributed by atoms with Gasteiger partial charge in [0.2, 0.25) is 5.92 Å². The van der Waals surface area contributed by atoms with E-state index in [1.54, 1.807) is 13.8 Å². The summed E-state index contributed by atoms with van der Waals surface area (Å²) in [5.41, 5.74) is 0.719. The molecule has 0 bridgehead atoms. The summed E-state index contributed by atoms with van der Waals surface area (Å²) in [4.78, 5) is 24.3. The monoisotopic (exact) mass is 345 g/mol. The zero-order chi connectivity index (χ0) is 17.5. The third kappa shape index (κ3) is 4.08. The highest BCUT2D eigenvalue weighted by Gasteiger charge is 2.34. The average Bonchev–Trinajstić information content (AvgIpc) is 2.56. The van der Waals surface area contributed by atoms with Crippen molar-refractivity contribution in [3.63, 3.8) is 0 Å². The molecule has 0 aromatic heterocycles. The summed E-state index contributed by atoms with van der Waals surface area (Å²) in [5, 5.41) is 4.95. The SMILES string of the molecule is CCOC(=O)C(C(=O)OCC)C(=S)Nc1cccc2ccccc12. The molecular weight excluding hydrogens is 326 g/mol. The fourth-order valence-electron chi connectivity index (χ4n) is 2.30. The molecule has 0 atom stereocenters. The van der Waals surface area contributed by atoms with Gasteiger partial charge in [-0.05, 0) is 25.3 Å². The Morgan fingerprint density at radius 1 is 1.00 bits per heavy atom. The van der Waals surface area contributed by atoms with Gasteiger partial charge < -0.3 is 14.8 Å². The molecule has 2 aromatic carbocycles. The van der Waals surface area contributed by atoms with Crippen LogP contribution in [0.1, 0.15) is 13.8 Å². The topological polar surface area (TPSA) is 64.6 Å². The number of anilines is 1. The molecule has 0 fully saturated rings. The third-order valence-corrected chi connectivity index (χ3v) is 3.69. The number of carbonyl (C=O) groups is 2. The molecule has 0 radical (unpaired) electrons. The highest BCUT2D eigenvalue weighted by molar-refractivity contribution is 7.80. The predicted molar refractivity (Wildman–Crippen MR) is 96.9 cm³/mol. The summed E-state index contributed by atoms with van der Waals surface area (Å²) in [5.74, 6) is -2.71. The Hall–Kier alpha value is -2.47. The number of benzene rings is 2. The average molecular weight is 345 g/mol. The molecule has 126 valence electrons. The summed E-state index contributed by atoms with van der Waals surface area (Å²) in [7, 11) is 0. The van der Waals surface area contributed by atoms with Crippen LogP contribution in [0.25, 0.3) is 10.8 Å². The van der Waals surface area contributed by atoms with E-state index >= 15 is 0 Å². The van der Waals surface area contributed by atoms with Gasteiger partial charge in [-0.1, -0.05) is 48.6 Å². The second-order valence-electron chi connectivity index (χ2n) is 4.95. The first-order valence-corrected chi connectivity index (χ1v) is 8.11. The molecule has 0 heterocycles. The van der Waals surface area contributed by atoms with E-state index < -0.39 is 17.9 Å². The lowest BCUT2D eigenvalue weighted by molar-refractivity contribution is -0.157.